The molecule has 0 unspecified atom stereocenters. The van der Waals surface area contributed by atoms with Crippen molar-refractivity contribution in [1.82, 2.24) is 10.2 Å². The first-order chi connectivity index (χ1) is 9.26. The second kappa shape index (κ2) is 5.71. The predicted molar refractivity (Wildman–Crippen MR) is 78.4 cm³/mol. The van der Waals surface area contributed by atoms with Crippen LogP contribution in [-0.2, 0) is 4.74 Å². The molecule has 3 fully saturated rings. The SMILES string of the molecule is COCCC1(CN2CCCNC3(CCCC3)C2)CC1. The van der Waals surface area contributed by atoms with Crippen molar-refractivity contribution in [3.8, 4) is 0 Å². The fraction of sp³-hybridized carbons (Fsp3) is 1.00. The molecule has 110 valence electrons. The number of hydrogen-bond acceptors (Lipinski definition) is 3. The minimum Gasteiger partial charge on any atom is -0.385 e. The van der Waals surface area contributed by atoms with Gasteiger partial charge in [0.1, 0.15) is 0 Å². The van der Waals surface area contributed by atoms with E-state index in [0.717, 1.165) is 6.61 Å². The first-order valence-corrected chi connectivity index (χ1v) is 8.22. The van der Waals surface area contributed by atoms with Crippen LogP contribution < -0.4 is 5.32 Å². The van der Waals surface area contributed by atoms with Crippen molar-refractivity contribution in [2.75, 3.05) is 39.9 Å². The molecule has 19 heavy (non-hydrogen) atoms. The van der Waals surface area contributed by atoms with Crippen molar-refractivity contribution in [3.63, 3.8) is 0 Å². The smallest absolute Gasteiger partial charge is 0.0468 e. The van der Waals surface area contributed by atoms with Crippen LogP contribution in [0.4, 0.5) is 0 Å². The Labute approximate surface area is 118 Å². The number of ether oxygens (including phenoxy) is 1. The third kappa shape index (κ3) is 3.32. The van der Waals surface area contributed by atoms with Crippen LogP contribution in [0.5, 0.6) is 0 Å². The monoisotopic (exact) mass is 266 g/mol. The minimum absolute atomic E-state index is 0.466. The summed E-state index contributed by atoms with van der Waals surface area (Å²) in [6.07, 6.45) is 11.1. The summed E-state index contributed by atoms with van der Waals surface area (Å²) in [5, 5.41) is 3.87. The first-order valence-electron chi connectivity index (χ1n) is 8.22. The molecule has 0 amide bonds. The topological polar surface area (TPSA) is 24.5 Å². The molecule has 1 N–H and O–H groups in total. The molecule has 2 saturated carbocycles. The van der Waals surface area contributed by atoms with Crippen LogP contribution in [0.1, 0.15) is 51.4 Å². The Hall–Kier alpha value is -0.120. The molecule has 1 heterocycles. The quantitative estimate of drug-likeness (QED) is 0.827. The molecule has 0 aromatic heterocycles. The molecular formula is C16H30N2O. The van der Waals surface area contributed by atoms with E-state index in [-0.39, 0.29) is 0 Å². The molecule has 0 aromatic carbocycles. The average molecular weight is 266 g/mol. The van der Waals surface area contributed by atoms with E-state index in [1.807, 2.05) is 7.11 Å². The Morgan fingerprint density at radius 2 is 1.89 bits per heavy atom. The first kappa shape index (κ1) is 13.8. The zero-order valence-corrected chi connectivity index (χ0v) is 12.5. The second-order valence-corrected chi connectivity index (χ2v) is 7.22. The van der Waals surface area contributed by atoms with Crippen LogP contribution in [0.2, 0.25) is 0 Å². The molecule has 0 bridgehead atoms. The van der Waals surface area contributed by atoms with Crippen molar-refractivity contribution >= 4 is 0 Å². The average Bonchev–Trinajstić information content (AvgIpc) is 3.07. The van der Waals surface area contributed by atoms with Crippen LogP contribution in [0.25, 0.3) is 0 Å². The lowest BCUT2D eigenvalue weighted by Crippen LogP contribution is -2.50. The van der Waals surface area contributed by atoms with Gasteiger partial charge < -0.3 is 15.0 Å². The van der Waals surface area contributed by atoms with E-state index in [0.29, 0.717) is 11.0 Å². The molecule has 1 aliphatic heterocycles. The van der Waals surface area contributed by atoms with Gasteiger partial charge in [-0.25, -0.2) is 0 Å². The van der Waals surface area contributed by atoms with Crippen molar-refractivity contribution < 1.29 is 4.74 Å². The van der Waals surface area contributed by atoms with Gasteiger partial charge >= 0.3 is 0 Å². The number of methoxy groups -OCH3 is 1. The lowest BCUT2D eigenvalue weighted by atomic mass is 9.95. The van der Waals surface area contributed by atoms with Crippen LogP contribution in [0.3, 0.4) is 0 Å². The molecule has 3 nitrogen and oxygen atoms in total. The van der Waals surface area contributed by atoms with Gasteiger partial charge in [-0.05, 0) is 57.0 Å². The van der Waals surface area contributed by atoms with Gasteiger partial charge in [-0.3, -0.25) is 0 Å². The summed E-state index contributed by atoms with van der Waals surface area (Å²) in [5.41, 5.74) is 1.08. The lowest BCUT2D eigenvalue weighted by Gasteiger charge is -2.35. The van der Waals surface area contributed by atoms with Gasteiger partial charge in [0.05, 0.1) is 0 Å². The normalized spacial score (nSPS) is 29.5. The summed E-state index contributed by atoms with van der Waals surface area (Å²) in [6.45, 7) is 6.07. The highest BCUT2D eigenvalue weighted by atomic mass is 16.5. The van der Waals surface area contributed by atoms with Crippen molar-refractivity contribution in [2.24, 2.45) is 5.41 Å². The molecule has 0 aromatic rings. The van der Waals surface area contributed by atoms with Crippen molar-refractivity contribution in [2.45, 2.75) is 56.9 Å². The fourth-order valence-corrected chi connectivity index (χ4v) is 4.20. The van der Waals surface area contributed by atoms with E-state index in [2.05, 4.69) is 10.2 Å². The van der Waals surface area contributed by atoms with Gasteiger partial charge in [-0.2, -0.15) is 0 Å². The van der Waals surface area contributed by atoms with Crippen LogP contribution in [-0.4, -0.2) is 50.3 Å². The van der Waals surface area contributed by atoms with E-state index >= 15 is 0 Å². The second-order valence-electron chi connectivity index (χ2n) is 7.22. The van der Waals surface area contributed by atoms with E-state index in [1.54, 1.807) is 0 Å². The molecule has 0 radical (unpaired) electrons. The van der Waals surface area contributed by atoms with Gasteiger partial charge in [0, 0.05) is 32.3 Å². The summed E-state index contributed by atoms with van der Waals surface area (Å²) in [4.78, 5) is 2.77. The summed E-state index contributed by atoms with van der Waals surface area (Å²) in [7, 11) is 1.83. The molecule has 3 aliphatic rings. The standard InChI is InChI=1S/C16H30N2O/c1-19-12-9-15(7-8-15)13-18-11-4-10-17-16(14-18)5-2-3-6-16/h17H,2-14H2,1H3. The van der Waals surface area contributed by atoms with Crippen LogP contribution >= 0.6 is 0 Å². The molecule has 1 saturated heterocycles. The van der Waals surface area contributed by atoms with Crippen LogP contribution in [0, 0.1) is 5.41 Å². The van der Waals surface area contributed by atoms with E-state index < -0.39 is 0 Å². The van der Waals surface area contributed by atoms with Crippen LogP contribution in [0.15, 0.2) is 0 Å². The Morgan fingerprint density at radius 3 is 2.58 bits per heavy atom. The Bertz CT molecular complexity index is 295. The van der Waals surface area contributed by atoms with E-state index in [1.165, 1.54) is 77.5 Å². The zero-order valence-electron chi connectivity index (χ0n) is 12.5. The highest BCUT2D eigenvalue weighted by molar-refractivity contribution is 5.00. The van der Waals surface area contributed by atoms with Gasteiger partial charge in [-0.1, -0.05) is 12.8 Å². The van der Waals surface area contributed by atoms with Gasteiger partial charge in [0.2, 0.25) is 0 Å². The Balaban J connectivity index is 1.57. The number of nitrogens with zero attached hydrogens (tertiary/aromatic N) is 1. The van der Waals surface area contributed by atoms with Crippen molar-refractivity contribution in [3.05, 3.63) is 0 Å². The third-order valence-electron chi connectivity index (χ3n) is 5.59. The lowest BCUT2D eigenvalue weighted by molar-refractivity contribution is 0.135. The molecule has 2 aliphatic carbocycles. The Kier molecular flexibility index (Phi) is 4.16. The van der Waals surface area contributed by atoms with Gasteiger partial charge in [0.25, 0.3) is 0 Å². The van der Waals surface area contributed by atoms with Crippen molar-refractivity contribution in [1.29, 1.82) is 0 Å². The van der Waals surface area contributed by atoms with E-state index in [9.17, 15) is 0 Å². The Morgan fingerprint density at radius 1 is 1.11 bits per heavy atom. The predicted octanol–water partition coefficient (Wildman–Crippen LogP) is 2.41. The van der Waals surface area contributed by atoms with E-state index in [4.69, 9.17) is 4.74 Å². The molecule has 3 rings (SSSR count). The zero-order chi connectivity index (χ0) is 13.2. The fourth-order valence-electron chi connectivity index (χ4n) is 4.20. The maximum atomic E-state index is 5.29. The summed E-state index contributed by atoms with van der Waals surface area (Å²) in [6, 6.07) is 0. The molecule has 3 heteroatoms. The number of rotatable bonds is 5. The molecule has 0 atom stereocenters. The summed E-state index contributed by atoms with van der Waals surface area (Å²) in [5.74, 6) is 0. The minimum atomic E-state index is 0.466. The summed E-state index contributed by atoms with van der Waals surface area (Å²) < 4.78 is 5.29. The summed E-state index contributed by atoms with van der Waals surface area (Å²) >= 11 is 0. The largest absolute Gasteiger partial charge is 0.385 e. The number of hydrogen-bond donors (Lipinski definition) is 1. The maximum absolute atomic E-state index is 5.29. The maximum Gasteiger partial charge on any atom is 0.0468 e. The molecule has 1 spiro atoms. The third-order valence-corrected chi connectivity index (χ3v) is 5.59. The highest BCUT2D eigenvalue weighted by Crippen LogP contribution is 2.49. The molecular weight excluding hydrogens is 236 g/mol. The number of nitrogens with one attached hydrogen (secondary N) is 1. The van der Waals surface area contributed by atoms with Gasteiger partial charge in [-0.15, -0.1) is 0 Å². The highest BCUT2D eigenvalue weighted by Gasteiger charge is 2.45. The van der Waals surface area contributed by atoms with Gasteiger partial charge in [0.15, 0.2) is 0 Å².